The summed E-state index contributed by atoms with van der Waals surface area (Å²) in [5.41, 5.74) is 0.00909. The molecule has 14 heavy (non-hydrogen) atoms. The number of benzene rings is 1. The van der Waals surface area contributed by atoms with Crippen LogP contribution in [-0.4, -0.2) is 11.9 Å². The van der Waals surface area contributed by atoms with Crippen LogP contribution in [0.25, 0.3) is 0 Å². The van der Waals surface area contributed by atoms with Gasteiger partial charge in [0.05, 0.1) is 0 Å². The highest BCUT2D eigenvalue weighted by Gasteiger charge is 2.09. The lowest BCUT2D eigenvalue weighted by Gasteiger charge is -2.05. The molecule has 1 rings (SSSR count). The van der Waals surface area contributed by atoms with Crippen LogP contribution in [-0.2, 0) is 0 Å². The van der Waals surface area contributed by atoms with Gasteiger partial charge in [0, 0.05) is 10.6 Å². The van der Waals surface area contributed by atoms with Gasteiger partial charge in [-0.05, 0) is 29.8 Å². The summed E-state index contributed by atoms with van der Waals surface area (Å²) in [7, 11) is 0. The van der Waals surface area contributed by atoms with E-state index in [1.165, 1.54) is 6.07 Å². The Bertz CT molecular complexity index is 355. The maximum Gasteiger partial charge on any atom is 0.387 e. The molecule has 0 aromatic heterocycles. The molecule has 6 heteroatoms. The molecule has 0 amide bonds. The van der Waals surface area contributed by atoms with E-state index in [0.717, 1.165) is 12.1 Å². The molecule has 0 spiro atoms. The van der Waals surface area contributed by atoms with Gasteiger partial charge in [0.1, 0.15) is 5.75 Å². The normalized spacial score (nSPS) is 10.4. The van der Waals surface area contributed by atoms with Crippen molar-refractivity contribution in [1.29, 1.82) is 0 Å². The molecular weight excluding hydrogens is 237 g/mol. The van der Waals surface area contributed by atoms with Crippen molar-refractivity contribution in [3.63, 3.8) is 0 Å². The van der Waals surface area contributed by atoms with E-state index in [4.69, 9.17) is 23.2 Å². The summed E-state index contributed by atoms with van der Waals surface area (Å²) < 4.78 is 27.7. The third-order valence-corrected chi connectivity index (χ3v) is 1.76. The number of carbonyl (C=O) groups is 1. The van der Waals surface area contributed by atoms with E-state index in [2.05, 4.69) is 4.74 Å². The van der Waals surface area contributed by atoms with Crippen molar-refractivity contribution in [3.8, 4) is 5.75 Å². The van der Waals surface area contributed by atoms with Crippen molar-refractivity contribution in [2.45, 2.75) is 6.61 Å². The molecule has 1 aromatic carbocycles. The quantitative estimate of drug-likeness (QED) is 0.758. The molecule has 0 N–H and O–H groups in total. The summed E-state index contributed by atoms with van der Waals surface area (Å²) >= 11 is 10.7. The number of halogens is 4. The molecule has 0 atom stereocenters. The first-order chi connectivity index (χ1) is 6.49. The Hall–Kier alpha value is -0.870. The van der Waals surface area contributed by atoms with Gasteiger partial charge in [0.2, 0.25) is 0 Å². The first-order valence-corrected chi connectivity index (χ1v) is 4.20. The molecule has 2 nitrogen and oxygen atoms in total. The average molecular weight is 241 g/mol. The topological polar surface area (TPSA) is 26.3 Å². The van der Waals surface area contributed by atoms with E-state index in [1.807, 2.05) is 0 Å². The van der Waals surface area contributed by atoms with Crippen molar-refractivity contribution in [3.05, 3.63) is 28.8 Å². The molecule has 0 radical (unpaired) electrons. The second-order valence-electron chi connectivity index (χ2n) is 2.33. The number of hydrogen-bond acceptors (Lipinski definition) is 2. The standard InChI is InChI=1S/C8H4Cl2F2O2/c9-5-1-4(7(10)13)2-6(3-5)14-8(11)12/h1-3,8H. The second-order valence-corrected chi connectivity index (χ2v) is 3.11. The zero-order chi connectivity index (χ0) is 10.7. The van der Waals surface area contributed by atoms with E-state index in [-0.39, 0.29) is 16.3 Å². The monoisotopic (exact) mass is 240 g/mol. The van der Waals surface area contributed by atoms with Crippen LogP contribution in [0.1, 0.15) is 10.4 Å². The Morgan fingerprint density at radius 1 is 1.36 bits per heavy atom. The van der Waals surface area contributed by atoms with E-state index >= 15 is 0 Å². The Kier molecular flexibility index (Phi) is 3.66. The van der Waals surface area contributed by atoms with Crippen LogP contribution in [0.2, 0.25) is 5.02 Å². The molecule has 0 bridgehead atoms. The summed E-state index contributed by atoms with van der Waals surface area (Å²) in [6.07, 6.45) is 0. The smallest absolute Gasteiger partial charge is 0.387 e. The zero-order valence-corrected chi connectivity index (χ0v) is 8.15. The summed E-state index contributed by atoms with van der Waals surface area (Å²) in [5.74, 6) is -0.198. The van der Waals surface area contributed by atoms with Crippen molar-refractivity contribution in [1.82, 2.24) is 0 Å². The third kappa shape index (κ3) is 3.12. The minimum Gasteiger partial charge on any atom is -0.435 e. The van der Waals surface area contributed by atoms with E-state index < -0.39 is 11.9 Å². The third-order valence-electron chi connectivity index (χ3n) is 1.32. The summed E-state index contributed by atoms with van der Waals surface area (Å²) in [6.45, 7) is -2.97. The molecule has 0 saturated carbocycles. The Balaban J connectivity index is 3.01. The fourth-order valence-electron chi connectivity index (χ4n) is 0.847. The van der Waals surface area contributed by atoms with Crippen LogP contribution in [0.15, 0.2) is 18.2 Å². The maximum atomic E-state index is 11.8. The van der Waals surface area contributed by atoms with Gasteiger partial charge in [0.15, 0.2) is 0 Å². The van der Waals surface area contributed by atoms with E-state index in [1.54, 1.807) is 0 Å². The number of rotatable bonds is 3. The van der Waals surface area contributed by atoms with Crippen LogP contribution < -0.4 is 4.74 Å². The predicted molar refractivity (Wildman–Crippen MR) is 48.3 cm³/mol. The molecule has 0 unspecified atom stereocenters. The average Bonchev–Trinajstić information content (AvgIpc) is 2.01. The number of hydrogen-bond donors (Lipinski definition) is 0. The fraction of sp³-hybridized carbons (Fsp3) is 0.125. The molecule has 1 aromatic rings. The lowest BCUT2D eigenvalue weighted by molar-refractivity contribution is -0.0498. The van der Waals surface area contributed by atoms with Crippen molar-refractivity contribution in [2.75, 3.05) is 0 Å². The summed E-state index contributed by atoms with van der Waals surface area (Å²) in [4.78, 5) is 10.7. The highest BCUT2D eigenvalue weighted by molar-refractivity contribution is 6.67. The number of ether oxygens (including phenoxy) is 1. The van der Waals surface area contributed by atoms with Crippen LogP contribution in [0.3, 0.4) is 0 Å². The van der Waals surface area contributed by atoms with Gasteiger partial charge in [0.25, 0.3) is 5.24 Å². The van der Waals surface area contributed by atoms with Crippen LogP contribution in [0.5, 0.6) is 5.75 Å². The maximum absolute atomic E-state index is 11.8. The van der Waals surface area contributed by atoms with E-state index in [0.29, 0.717) is 0 Å². The van der Waals surface area contributed by atoms with Crippen LogP contribution >= 0.6 is 23.2 Å². The first kappa shape index (κ1) is 11.2. The number of alkyl halides is 2. The van der Waals surface area contributed by atoms with Gasteiger partial charge in [-0.15, -0.1) is 0 Å². The minimum absolute atomic E-state index is 0.00909. The van der Waals surface area contributed by atoms with E-state index in [9.17, 15) is 13.6 Å². The first-order valence-electron chi connectivity index (χ1n) is 3.44. The zero-order valence-electron chi connectivity index (χ0n) is 6.64. The van der Waals surface area contributed by atoms with Gasteiger partial charge in [-0.3, -0.25) is 4.79 Å². The summed E-state index contributed by atoms with van der Waals surface area (Å²) in [6, 6.07) is 3.51. The highest BCUT2D eigenvalue weighted by Crippen LogP contribution is 2.23. The highest BCUT2D eigenvalue weighted by atomic mass is 35.5. The van der Waals surface area contributed by atoms with Crippen molar-refractivity contribution >= 4 is 28.4 Å². The van der Waals surface area contributed by atoms with Crippen LogP contribution in [0, 0.1) is 0 Å². The molecule has 0 fully saturated rings. The largest absolute Gasteiger partial charge is 0.435 e. The second kappa shape index (κ2) is 4.57. The Labute approximate surface area is 88.4 Å². The molecular formula is C8H4Cl2F2O2. The lowest BCUT2D eigenvalue weighted by atomic mass is 10.2. The van der Waals surface area contributed by atoms with Gasteiger partial charge >= 0.3 is 6.61 Å². The molecule has 0 aliphatic heterocycles. The Morgan fingerprint density at radius 3 is 2.50 bits per heavy atom. The SMILES string of the molecule is O=C(Cl)c1cc(Cl)cc(OC(F)F)c1. The van der Waals surface area contributed by atoms with Gasteiger partial charge in [-0.1, -0.05) is 11.6 Å². The molecule has 0 aliphatic rings. The minimum atomic E-state index is -2.97. The molecule has 0 saturated heterocycles. The van der Waals surface area contributed by atoms with Crippen molar-refractivity contribution in [2.24, 2.45) is 0 Å². The predicted octanol–water partition coefficient (Wildman–Crippen LogP) is 3.32. The molecule has 0 heterocycles. The fourth-order valence-corrected chi connectivity index (χ4v) is 1.18. The molecule has 0 aliphatic carbocycles. The van der Waals surface area contributed by atoms with Gasteiger partial charge < -0.3 is 4.74 Å². The summed E-state index contributed by atoms with van der Waals surface area (Å²) in [5, 5.41) is -0.682. The number of carbonyl (C=O) groups excluding carboxylic acids is 1. The van der Waals surface area contributed by atoms with Gasteiger partial charge in [-0.2, -0.15) is 8.78 Å². The van der Waals surface area contributed by atoms with Gasteiger partial charge in [-0.25, -0.2) is 0 Å². The van der Waals surface area contributed by atoms with Crippen LogP contribution in [0.4, 0.5) is 8.78 Å². The van der Waals surface area contributed by atoms with Crippen molar-refractivity contribution < 1.29 is 18.3 Å². The molecule has 76 valence electrons. The Morgan fingerprint density at radius 2 is 2.00 bits per heavy atom. The lowest BCUT2D eigenvalue weighted by Crippen LogP contribution is -2.02.